The van der Waals surface area contributed by atoms with Crippen LogP contribution in [0.2, 0.25) is 0 Å². The van der Waals surface area contributed by atoms with Crippen molar-refractivity contribution in [3.8, 4) is 5.88 Å². The maximum Gasteiger partial charge on any atom is 0.344 e. The minimum atomic E-state index is -4.01. The lowest BCUT2D eigenvalue weighted by Crippen LogP contribution is -2.17. The Morgan fingerprint density at radius 3 is 2.38 bits per heavy atom. The van der Waals surface area contributed by atoms with Crippen molar-refractivity contribution in [1.29, 1.82) is 0 Å². The van der Waals surface area contributed by atoms with Crippen LogP contribution in [-0.4, -0.2) is 23.6 Å². The summed E-state index contributed by atoms with van der Waals surface area (Å²) in [6, 6.07) is 20.2. The summed E-state index contributed by atoms with van der Waals surface area (Å²) in [5.74, 6) is -1.02. The molecule has 0 spiro atoms. The van der Waals surface area contributed by atoms with E-state index >= 15 is 0 Å². The van der Waals surface area contributed by atoms with Crippen LogP contribution in [0.1, 0.15) is 15.9 Å². The lowest BCUT2D eigenvalue weighted by Gasteiger charge is -2.06. The molecule has 0 aliphatic rings. The SMILES string of the molecule is Cc1ccc(S(=O)(=O)n2nc(OC(=O)c3ccc4ccccc4c3)cc2N)cc1. The number of aromatic nitrogens is 2. The Bertz CT molecular complexity index is 1330. The number of aryl methyl sites for hydroxylation is 1. The zero-order valence-electron chi connectivity index (χ0n) is 15.4. The number of hydrogen-bond acceptors (Lipinski definition) is 6. The summed E-state index contributed by atoms with van der Waals surface area (Å²) in [6.45, 7) is 1.85. The highest BCUT2D eigenvalue weighted by Crippen LogP contribution is 2.23. The van der Waals surface area contributed by atoms with Gasteiger partial charge in [0.1, 0.15) is 5.82 Å². The van der Waals surface area contributed by atoms with Crippen LogP contribution in [0, 0.1) is 6.92 Å². The molecular formula is C21H17N3O4S. The fourth-order valence-corrected chi connectivity index (χ4v) is 4.08. The van der Waals surface area contributed by atoms with Gasteiger partial charge in [-0.3, -0.25) is 0 Å². The van der Waals surface area contributed by atoms with Crippen molar-refractivity contribution in [2.24, 2.45) is 0 Å². The molecule has 0 aliphatic carbocycles. The van der Waals surface area contributed by atoms with Gasteiger partial charge in [-0.2, -0.15) is 8.42 Å². The highest BCUT2D eigenvalue weighted by Gasteiger charge is 2.23. The zero-order valence-corrected chi connectivity index (χ0v) is 16.3. The summed E-state index contributed by atoms with van der Waals surface area (Å²) in [4.78, 5) is 12.5. The van der Waals surface area contributed by atoms with Crippen molar-refractivity contribution in [3.63, 3.8) is 0 Å². The molecule has 29 heavy (non-hydrogen) atoms. The van der Waals surface area contributed by atoms with Gasteiger partial charge in [0.2, 0.25) is 5.88 Å². The number of carbonyl (C=O) groups excluding carboxylic acids is 1. The molecule has 0 bridgehead atoms. The molecule has 0 saturated heterocycles. The Morgan fingerprint density at radius 1 is 0.966 bits per heavy atom. The van der Waals surface area contributed by atoms with Crippen molar-refractivity contribution in [3.05, 3.63) is 83.9 Å². The van der Waals surface area contributed by atoms with Crippen molar-refractivity contribution < 1.29 is 17.9 Å². The van der Waals surface area contributed by atoms with Crippen molar-refractivity contribution >= 4 is 32.6 Å². The third-order valence-corrected chi connectivity index (χ3v) is 6.03. The maximum atomic E-state index is 12.8. The first-order chi connectivity index (χ1) is 13.8. The molecule has 0 aliphatic heterocycles. The van der Waals surface area contributed by atoms with Crippen LogP contribution in [0.15, 0.2) is 77.7 Å². The van der Waals surface area contributed by atoms with Crippen LogP contribution in [0.4, 0.5) is 5.82 Å². The molecule has 8 heteroatoms. The number of fused-ring (bicyclic) bond motifs is 1. The first kappa shape index (κ1) is 18.7. The Balaban J connectivity index is 1.62. The van der Waals surface area contributed by atoms with Crippen LogP contribution in [-0.2, 0) is 10.0 Å². The van der Waals surface area contributed by atoms with Gasteiger partial charge in [0, 0.05) is 6.07 Å². The Hall–Kier alpha value is -3.65. The lowest BCUT2D eigenvalue weighted by atomic mass is 10.1. The van der Waals surface area contributed by atoms with Gasteiger partial charge >= 0.3 is 5.97 Å². The summed E-state index contributed by atoms with van der Waals surface area (Å²) in [6.07, 6.45) is 0. The summed E-state index contributed by atoms with van der Waals surface area (Å²) in [7, 11) is -4.01. The molecule has 2 N–H and O–H groups in total. The molecule has 4 aromatic rings. The molecule has 0 amide bonds. The normalized spacial score (nSPS) is 11.5. The van der Waals surface area contributed by atoms with Gasteiger partial charge in [-0.05, 0) is 42.0 Å². The highest BCUT2D eigenvalue weighted by atomic mass is 32.2. The van der Waals surface area contributed by atoms with Gasteiger partial charge in [-0.25, -0.2) is 4.79 Å². The number of esters is 1. The minimum Gasteiger partial charge on any atom is -0.402 e. The largest absolute Gasteiger partial charge is 0.402 e. The summed E-state index contributed by atoms with van der Waals surface area (Å²) in [5.41, 5.74) is 7.05. The molecule has 1 aromatic heterocycles. The third-order valence-electron chi connectivity index (χ3n) is 4.41. The van der Waals surface area contributed by atoms with Crippen LogP contribution in [0.5, 0.6) is 5.88 Å². The minimum absolute atomic E-state index is 0.0327. The van der Waals surface area contributed by atoms with E-state index in [1.807, 2.05) is 31.2 Å². The number of hydrogen-bond donors (Lipinski definition) is 1. The van der Waals surface area contributed by atoms with Crippen LogP contribution in [0.3, 0.4) is 0 Å². The van der Waals surface area contributed by atoms with E-state index in [0.29, 0.717) is 9.65 Å². The quantitative estimate of drug-likeness (QED) is 0.520. The standard InChI is InChI=1S/C21H17N3O4S/c1-14-6-10-18(11-7-14)29(26,27)24-19(22)13-20(23-24)28-21(25)17-9-8-15-4-2-3-5-16(15)12-17/h2-13H,22H2,1H3. The summed E-state index contributed by atoms with van der Waals surface area (Å²) < 4.78 is 31.4. The van der Waals surface area contributed by atoms with Crippen LogP contribution < -0.4 is 10.5 Å². The van der Waals surface area contributed by atoms with Crippen molar-refractivity contribution in [2.45, 2.75) is 11.8 Å². The van der Waals surface area contributed by atoms with Gasteiger partial charge in [0.15, 0.2) is 0 Å². The average Bonchev–Trinajstić information content (AvgIpc) is 3.08. The van der Waals surface area contributed by atoms with E-state index in [2.05, 4.69) is 5.10 Å². The Labute approximate surface area is 167 Å². The summed E-state index contributed by atoms with van der Waals surface area (Å²) >= 11 is 0. The Kier molecular flexibility index (Phi) is 4.56. The molecule has 0 unspecified atom stereocenters. The molecular weight excluding hydrogens is 390 g/mol. The number of ether oxygens (including phenoxy) is 1. The second-order valence-electron chi connectivity index (χ2n) is 6.52. The van der Waals surface area contributed by atoms with E-state index < -0.39 is 16.0 Å². The fourth-order valence-electron chi connectivity index (χ4n) is 2.88. The predicted molar refractivity (Wildman–Crippen MR) is 109 cm³/mol. The predicted octanol–water partition coefficient (Wildman–Crippen LogP) is 3.38. The van der Waals surface area contributed by atoms with Gasteiger partial charge in [-0.15, -0.1) is 9.19 Å². The number of nitrogen functional groups attached to an aromatic ring is 1. The zero-order chi connectivity index (χ0) is 20.6. The number of carbonyl (C=O) groups is 1. The second kappa shape index (κ2) is 7.06. The van der Waals surface area contributed by atoms with E-state index in [4.69, 9.17) is 10.5 Å². The molecule has 3 aromatic carbocycles. The van der Waals surface area contributed by atoms with E-state index in [0.717, 1.165) is 16.3 Å². The maximum absolute atomic E-state index is 12.8. The molecule has 0 atom stereocenters. The number of rotatable bonds is 4. The van der Waals surface area contributed by atoms with Crippen molar-refractivity contribution in [2.75, 3.05) is 5.73 Å². The topological polar surface area (TPSA) is 104 Å². The fraction of sp³-hybridized carbons (Fsp3) is 0.0476. The van der Waals surface area contributed by atoms with Crippen molar-refractivity contribution in [1.82, 2.24) is 9.19 Å². The van der Waals surface area contributed by atoms with E-state index in [1.54, 1.807) is 30.3 Å². The molecule has 0 saturated carbocycles. The van der Waals surface area contributed by atoms with Gasteiger partial charge in [0.25, 0.3) is 10.0 Å². The molecule has 4 rings (SSSR count). The van der Waals surface area contributed by atoms with Gasteiger partial charge < -0.3 is 10.5 Å². The number of nitrogens with zero attached hydrogens (tertiary/aromatic N) is 2. The molecule has 146 valence electrons. The van der Waals surface area contributed by atoms with Crippen LogP contribution in [0.25, 0.3) is 10.8 Å². The van der Waals surface area contributed by atoms with E-state index in [-0.39, 0.29) is 16.6 Å². The molecule has 7 nitrogen and oxygen atoms in total. The highest BCUT2D eigenvalue weighted by molar-refractivity contribution is 7.90. The lowest BCUT2D eigenvalue weighted by molar-refractivity contribution is 0.0727. The monoisotopic (exact) mass is 407 g/mol. The number of nitrogens with two attached hydrogens (primary N) is 1. The van der Waals surface area contributed by atoms with Gasteiger partial charge in [-0.1, -0.05) is 48.0 Å². The van der Waals surface area contributed by atoms with Gasteiger partial charge in [0.05, 0.1) is 10.5 Å². The van der Waals surface area contributed by atoms with E-state index in [1.165, 1.54) is 18.2 Å². The smallest absolute Gasteiger partial charge is 0.344 e. The molecule has 0 radical (unpaired) electrons. The Morgan fingerprint density at radius 2 is 1.66 bits per heavy atom. The molecule has 0 fully saturated rings. The average molecular weight is 407 g/mol. The van der Waals surface area contributed by atoms with Crippen LogP contribution >= 0.6 is 0 Å². The first-order valence-corrected chi connectivity index (χ1v) is 10.2. The summed E-state index contributed by atoms with van der Waals surface area (Å²) in [5, 5.41) is 5.74. The molecule has 1 heterocycles. The second-order valence-corrected chi connectivity index (χ2v) is 8.29. The third kappa shape index (κ3) is 3.57. The van der Waals surface area contributed by atoms with E-state index in [9.17, 15) is 13.2 Å². The number of benzene rings is 3. The number of anilines is 1. The first-order valence-electron chi connectivity index (χ1n) is 8.73.